The molecule has 0 amide bonds. The molecule has 2 aromatic carbocycles. The number of piperazine rings is 1. The summed E-state index contributed by atoms with van der Waals surface area (Å²) in [6.45, 7) is 3.64. The lowest BCUT2D eigenvalue weighted by Crippen LogP contribution is -2.45. The average molecular weight is 354 g/mol. The van der Waals surface area contributed by atoms with E-state index in [1.165, 1.54) is 0 Å². The maximum Gasteiger partial charge on any atom is 0.121 e. The number of halogens is 2. The minimum absolute atomic E-state index is 0. The molecule has 23 heavy (non-hydrogen) atoms. The third kappa shape index (κ3) is 4.07. The molecule has 4 nitrogen and oxygen atoms in total. The summed E-state index contributed by atoms with van der Waals surface area (Å²) in [5.41, 5.74) is 0.886. The smallest absolute Gasteiger partial charge is 0.121 e. The Balaban J connectivity index is 0.00000132. The average Bonchev–Trinajstić information content (AvgIpc) is 2.54. The van der Waals surface area contributed by atoms with Gasteiger partial charge < -0.3 is 10.4 Å². The Hall–Kier alpha value is -1.51. The van der Waals surface area contributed by atoms with Gasteiger partial charge in [0.2, 0.25) is 0 Å². The molecule has 0 radical (unpaired) electrons. The predicted molar refractivity (Wildman–Crippen MR) is 97.5 cm³/mol. The third-order valence-corrected chi connectivity index (χ3v) is 4.16. The fourth-order valence-electron chi connectivity index (χ4n) is 3.13. The highest BCUT2D eigenvalue weighted by molar-refractivity contribution is 5.88. The van der Waals surface area contributed by atoms with Crippen LogP contribution in [0.1, 0.15) is 18.0 Å². The summed E-state index contributed by atoms with van der Waals surface area (Å²) in [6.07, 6.45) is 0.390. The van der Waals surface area contributed by atoms with Gasteiger partial charge in [0.25, 0.3) is 0 Å². The van der Waals surface area contributed by atoms with Crippen molar-refractivity contribution in [2.24, 2.45) is 0 Å². The molecule has 1 aliphatic rings. The molecule has 6 heteroatoms. The molecule has 0 aliphatic carbocycles. The molecule has 1 saturated heterocycles. The van der Waals surface area contributed by atoms with Crippen LogP contribution >= 0.6 is 24.8 Å². The monoisotopic (exact) mass is 353 g/mol. The van der Waals surface area contributed by atoms with Gasteiger partial charge in [-0.2, -0.15) is 5.26 Å². The molecule has 124 valence electrons. The summed E-state index contributed by atoms with van der Waals surface area (Å²) >= 11 is 0. The number of rotatable bonds is 3. The third-order valence-electron chi connectivity index (χ3n) is 4.16. The molecule has 0 spiro atoms. The van der Waals surface area contributed by atoms with Crippen molar-refractivity contribution in [3.05, 3.63) is 42.0 Å². The molecule has 3 rings (SSSR count). The summed E-state index contributed by atoms with van der Waals surface area (Å²) in [5.74, 6) is 0.285. The SMILES string of the molecule is Cl.Cl.N#CC[C@@H](c1c(O)ccc2ccccc12)N1CCNCC1. The molecular formula is C17H21Cl2N3O. The number of hydrogen-bond donors (Lipinski definition) is 2. The van der Waals surface area contributed by atoms with Crippen LogP contribution in [0.25, 0.3) is 10.8 Å². The highest BCUT2D eigenvalue weighted by Gasteiger charge is 2.25. The molecule has 1 fully saturated rings. The van der Waals surface area contributed by atoms with Crippen molar-refractivity contribution in [2.75, 3.05) is 26.2 Å². The Labute approximate surface area is 148 Å². The Bertz CT molecular complexity index is 681. The van der Waals surface area contributed by atoms with Crippen LogP contribution in [0.5, 0.6) is 5.75 Å². The number of aromatic hydroxyl groups is 1. The number of phenolic OH excluding ortho intramolecular Hbond substituents is 1. The van der Waals surface area contributed by atoms with Gasteiger partial charge in [0.15, 0.2) is 0 Å². The quantitative estimate of drug-likeness (QED) is 0.888. The summed E-state index contributed by atoms with van der Waals surface area (Å²) in [4.78, 5) is 2.29. The van der Waals surface area contributed by atoms with E-state index in [-0.39, 0.29) is 36.6 Å². The molecule has 2 aromatic rings. The van der Waals surface area contributed by atoms with Crippen LogP contribution in [-0.2, 0) is 0 Å². The van der Waals surface area contributed by atoms with E-state index in [1.54, 1.807) is 6.07 Å². The van der Waals surface area contributed by atoms with Gasteiger partial charge in [0.05, 0.1) is 18.5 Å². The first-order valence-electron chi connectivity index (χ1n) is 7.33. The summed E-state index contributed by atoms with van der Waals surface area (Å²) in [6, 6.07) is 13.9. The van der Waals surface area contributed by atoms with E-state index in [0.717, 1.165) is 42.5 Å². The molecule has 1 atom stereocenters. The van der Waals surface area contributed by atoms with E-state index in [0.29, 0.717) is 6.42 Å². The molecule has 0 bridgehead atoms. The zero-order valence-corrected chi connectivity index (χ0v) is 14.4. The maximum absolute atomic E-state index is 10.4. The Morgan fingerprint density at radius 3 is 2.52 bits per heavy atom. The number of nitrogens with one attached hydrogen (secondary N) is 1. The number of nitrogens with zero attached hydrogens (tertiary/aromatic N) is 2. The standard InChI is InChI=1S/C17H19N3O.2ClH/c18-8-7-15(20-11-9-19-10-12-20)17-14-4-2-1-3-13(14)5-6-16(17)21;;/h1-6,15,19,21H,7,9-12H2;2*1H/t15-;;/m0../s1. The van der Waals surface area contributed by atoms with Crippen LogP contribution in [-0.4, -0.2) is 36.2 Å². The fraction of sp³-hybridized carbons (Fsp3) is 0.353. The van der Waals surface area contributed by atoms with Crippen LogP contribution in [0.3, 0.4) is 0 Å². The zero-order valence-electron chi connectivity index (χ0n) is 12.7. The molecule has 1 heterocycles. The van der Waals surface area contributed by atoms with Crippen LogP contribution < -0.4 is 5.32 Å². The number of benzene rings is 2. The van der Waals surface area contributed by atoms with Crippen molar-refractivity contribution in [1.29, 1.82) is 5.26 Å². The first-order chi connectivity index (χ1) is 10.3. The lowest BCUT2D eigenvalue weighted by molar-refractivity contribution is 0.174. The zero-order chi connectivity index (χ0) is 14.7. The van der Waals surface area contributed by atoms with E-state index < -0.39 is 0 Å². The van der Waals surface area contributed by atoms with Gasteiger partial charge in [-0.15, -0.1) is 24.8 Å². The van der Waals surface area contributed by atoms with Gasteiger partial charge in [-0.25, -0.2) is 0 Å². The molecule has 0 aromatic heterocycles. The normalized spacial score (nSPS) is 16.0. The van der Waals surface area contributed by atoms with E-state index in [9.17, 15) is 10.4 Å². The number of phenols is 1. The largest absolute Gasteiger partial charge is 0.508 e. The number of fused-ring (bicyclic) bond motifs is 1. The van der Waals surface area contributed by atoms with Gasteiger partial charge in [0.1, 0.15) is 5.75 Å². The van der Waals surface area contributed by atoms with Gasteiger partial charge in [-0.1, -0.05) is 30.3 Å². The lowest BCUT2D eigenvalue weighted by Gasteiger charge is -2.34. The first kappa shape index (κ1) is 19.5. The van der Waals surface area contributed by atoms with Gasteiger partial charge in [0, 0.05) is 31.7 Å². The second-order valence-corrected chi connectivity index (χ2v) is 5.38. The summed E-state index contributed by atoms with van der Waals surface area (Å²) < 4.78 is 0. The van der Waals surface area contributed by atoms with E-state index in [4.69, 9.17) is 0 Å². The predicted octanol–water partition coefficient (Wildman–Crippen LogP) is 3.25. The van der Waals surface area contributed by atoms with Crippen molar-refractivity contribution in [3.63, 3.8) is 0 Å². The van der Waals surface area contributed by atoms with Crippen LogP contribution in [0.2, 0.25) is 0 Å². The van der Waals surface area contributed by atoms with Gasteiger partial charge >= 0.3 is 0 Å². The lowest BCUT2D eigenvalue weighted by atomic mass is 9.94. The van der Waals surface area contributed by atoms with Crippen molar-refractivity contribution in [3.8, 4) is 11.8 Å². The molecule has 2 N–H and O–H groups in total. The van der Waals surface area contributed by atoms with E-state index in [1.807, 2.05) is 30.3 Å². The second kappa shape index (κ2) is 8.95. The van der Waals surface area contributed by atoms with Crippen molar-refractivity contribution < 1.29 is 5.11 Å². The number of nitriles is 1. The fourth-order valence-corrected chi connectivity index (χ4v) is 3.13. The molecule has 1 aliphatic heterocycles. The van der Waals surface area contributed by atoms with Gasteiger partial charge in [-0.05, 0) is 16.8 Å². The Kier molecular flexibility index (Phi) is 7.60. The topological polar surface area (TPSA) is 59.3 Å². The highest BCUT2D eigenvalue weighted by Crippen LogP contribution is 2.37. The van der Waals surface area contributed by atoms with Gasteiger partial charge in [-0.3, -0.25) is 4.90 Å². The van der Waals surface area contributed by atoms with Crippen molar-refractivity contribution >= 4 is 35.6 Å². The van der Waals surface area contributed by atoms with Crippen LogP contribution in [0.15, 0.2) is 36.4 Å². The summed E-state index contributed by atoms with van der Waals surface area (Å²) in [5, 5.41) is 25.1. The van der Waals surface area contributed by atoms with E-state index >= 15 is 0 Å². The molecular weight excluding hydrogens is 333 g/mol. The van der Waals surface area contributed by atoms with Crippen LogP contribution in [0, 0.1) is 11.3 Å². The molecule has 0 unspecified atom stereocenters. The van der Waals surface area contributed by atoms with Crippen LogP contribution in [0.4, 0.5) is 0 Å². The maximum atomic E-state index is 10.4. The first-order valence-corrected chi connectivity index (χ1v) is 7.33. The summed E-state index contributed by atoms with van der Waals surface area (Å²) in [7, 11) is 0. The Morgan fingerprint density at radius 1 is 1.13 bits per heavy atom. The highest BCUT2D eigenvalue weighted by atomic mass is 35.5. The number of hydrogen-bond acceptors (Lipinski definition) is 4. The minimum atomic E-state index is -0.0526. The van der Waals surface area contributed by atoms with E-state index in [2.05, 4.69) is 16.3 Å². The van der Waals surface area contributed by atoms with Crippen molar-refractivity contribution in [2.45, 2.75) is 12.5 Å². The minimum Gasteiger partial charge on any atom is -0.508 e. The van der Waals surface area contributed by atoms with Crippen molar-refractivity contribution in [1.82, 2.24) is 10.2 Å². The second-order valence-electron chi connectivity index (χ2n) is 5.38. The molecule has 0 saturated carbocycles. The Morgan fingerprint density at radius 2 is 1.83 bits per heavy atom.